The van der Waals surface area contributed by atoms with E-state index in [4.69, 9.17) is 5.11 Å². The summed E-state index contributed by atoms with van der Waals surface area (Å²) >= 11 is 0. The number of alkyl halides is 3. The van der Waals surface area contributed by atoms with Crippen molar-refractivity contribution < 1.29 is 67.2 Å². The van der Waals surface area contributed by atoms with Crippen LogP contribution in [0.1, 0.15) is 22.9 Å². The molecular weight excluding hydrogens is 520 g/mol. The summed E-state index contributed by atoms with van der Waals surface area (Å²) in [4.78, 5) is 15.4. The maximum absolute atomic E-state index is 13.7. The number of benzene rings is 3. The van der Waals surface area contributed by atoms with Crippen LogP contribution in [-0.4, -0.2) is 30.8 Å². The van der Waals surface area contributed by atoms with Crippen LogP contribution in [-0.2, 0) is 16.6 Å². The summed E-state index contributed by atoms with van der Waals surface area (Å²) in [6, 6.07) is 16.9. The van der Waals surface area contributed by atoms with Crippen LogP contribution in [0.25, 0.3) is 10.8 Å². The first-order chi connectivity index (χ1) is 17.0. The van der Waals surface area contributed by atoms with E-state index in [1.165, 1.54) is 42.6 Å². The molecular formula is C25H20F3N2NaO5S. The molecule has 0 amide bonds. The molecule has 0 aliphatic rings. The summed E-state index contributed by atoms with van der Waals surface area (Å²) in [5.74, 6) is -1.51. The van der Waals surface area contributed by atoms with Gasteiger partial charge in [-0.1, -0.05) is 36.4 Å². The van der Waals surface area contributed by atoms with Crippen molar-refractivity contribution in [2.75, 3.05) is 4.31 Å². The van der Waals surface area contributed by atoms with E-state index in [2.05, 4.69) is 9.72 Å². The third-order valence-electron chi connectivity index (χ3n) is 5.43. The minimum Gasteiger partial charge on any atom is -1.00 e. The van der Waals surface area contributed by atoms with Crippen LogP contribution in [0.3, 0.4) is 0 Å². The van der Waals surface area contributed by atoms with Crippen LogP contribution >= 0.6 is 0 Å². The number of aromatic nitrogens is 1. The molecule has 4 rings (SSSR count). The molecule has 4 aromatic rings. The van der Waals surface area contributed by atoms with E-state index in [9.17, 15) is 26.4 Å². The fourth-order valence-corrected chi connectivity index (χ4v) is 5.15. The number of halogens is 3. The van der Waals surface area contributed by atoms with E-state index < -0.39 is 28.1 Å². The maximum atomic E-state index is 13.7. The molecule has 7 nitrogen and oxygen atoms in total. The van der Waals surface area contributed by atoms with E-state index in [-0.39, 0.29) is 53.8 Å². The number of aromatic carboxylic acids is 1. The zero-order chi connectivity index (χ0) is 26.1. The Morgan fingerprint density at radius 1 is 1.03 bits per heavy atom. The van der Waals surface area contributed by atoms with Gasteiger partial charge in [-0.15, -0.1) is 13.2 Å². The number of carboxylic acids is 1. The van der Waals surface area contributed by atoms with Gasteiger partial charge in [-0.2, -0.15) is 0 Å². The van der Waals surface area contributed by atoms with E-state index in [0.29, 0.717) is 11.1 Å². The van der Waals surface area contributed by atoms with E-state index in [0.717, 1.165) is 27.2 Å². The predicted molar refractivity (Wildman–Crippen MR) is 127 cm³/mol. The molecule has 37 heavy (non-hydrogen) atoms. The average Bonchev–Trinajstić information content (AvgIpc) is 2.83. The second-order valence-electron chi connectivity index (χ2n) is 7.83. The fourth-order valence-electron chi connectivity index (χ4n) is 3.68. The number of ether oxygens (including phenoxy) is 1. The second-order valence-corrected chi connectivity index (χ2v) is 9.69. The Morgan fingerprint density at radius 2 is 1.65 bits per heavy atom. The van der Waals surface area contributed by atoms with Crippen LogP contribution in [0, 0.1) is 6.92 Å². The first kappa shape index (κ1) is 28.5. The molecule has 0 saturated heterocycles. The van der Waals surface area contributed by atoms with Crippen LogP contribution in [0.5, 0.6) is 5.75 Å². The van der Waals surface area contributed by atoms with Gasteiger partial charge in [0.15, 0.2) is 0 Å². The van der Waals surface area contributed by atoms with Crippen molar-refractivity contribution in [2.45, 2.75) is 24.7 Å². The molecule has 0 fully saturated rings. The van der Waals surface area contributed by atoms with Crippen molar-refractivity contribution >= 4 is 32.6 Å². The molecule has 3 aromatic carbocycles. The Hall–Kier alpha value is -3.12. The van der Waals surface area contributed by atoms with Crippen LogP contribution in [0.2, 0.25) is 0 Å². The van der Waals surface area contributed by atoms with Gasteiger partial charge in [0.1, 0.15) is 11.6 Å². The Kier molecular flexibility index (Phi) is 8.53. The van der Waals surface area contributed by atoms with Gasteiger partial charge >= 0.3 is 41.9 Å². The Bertz CT molecular complexity index is 1530. The summed E-state index contributed by atoms with van der Waals surface area (Å²) in [7, 11) is -4.26. The number of sulfonamides is 1. The average molecular weight is 540 g/mol. The predicted octanol–water partition coefficient (Wildman–Crippen LogP) is 2.65. The fraction of sp³-hybridized carbons (Fsp3) is 0.120. The van der Waals surface area contributed by atoms with Crippen LogP contribution < -0.4 is 38.6 Å². The number of carboxylic acid groups (broad SMARTS) is 1. The SMILES string of the molecule is Cc1c(N(Cc2ccc(OC(F)(F)F)cc2)S(=O)(=O)c2ccc(C(=O)O)cc2)ncc2ccccc12.[H-].[Na+]. The van der Waals surface area contributed by atoms with Crippen LogP contribution in [0.15, 0.2) is 83.9 Å². The quantitative estimate of drug-likeness (QED) is 0.362. The van der Waals surface area contributed by atoms with Gasteiger partial charge < -0.3 is 11.3 Å². The molecule has 0 atom stereocenters. The van der Waals surface area contributed by atoms with Crippen LogP contribution in [0.4, 0.5) is 19.0 Å². The molecule has 0 saturated carbocycles. The Morgan fingerprint density at radius 3 is 2.24 bits per heavy atom. The molecule has 1 N–H and O–H groups in total. The molecule has 0 unspecified atom stereocenters. The summed E-state index contributed by atoms with van der Waals surface area (Å²) in [5, 5.41) is 10.7. The largest absolute Gasteiger partial charge is 1.00 e. The molecule has 0 bridgehead atoms. The van der Waals surface area contributed by atoms with Crippen molar-refractivity contribution in [2.24, 2.45) is 0 Å². The number of fused-ring (bicyclic) bond motifs is 1. The van der Waals surface area contributed by atoms with Gasteiger partial charge in [0, 0.05) is 17.1 Å². The molecule has 1 heterocycles. The Labute approximate surface area is 234 Å². The van der Waals surface area contributed by atoms with Crippen molar-refractivity contribution in [1.29, 1.82) is 0 Å². The molecule has 0 radical (unpaired) electrons. The number of carbonyl (C=O) groups is 1. The van der Waals surface area contributed by atoms with Gasteiger partial charge in [0.25, 0.3) is 10.0 Å². The smallest absolute Gasteiger partial charge is 1.00 e. The number of pyridine rings is 1. The van der Waals surface area contributed by atoms with Crippen molar-refractivity contribution in [1.82, 2.24) is 4.98 Å². The first-order valence-corrected chi connectivity index (χ1v) is 11.9. The molecule has 0 aliphatic heterocycles. The maximum Gasteiger partial charge on any atom is 1.00 e. The zero-order valence-electron chi connectivity index (χ0n) is 20.7. The summed E-state index contributed by atoms with van der Waals surface area (Å²) in [5.41, 5.74) is 0.876. The number of aryl methyl sites for hydroxylation is 1. The number of anilines is 1. The standard InChI is InChI=1S/C25H19F3N2O5S.Na.H/c1-16-22-5-3-2-4-19(22)14-29-23(16)30(15-17-6-10-20(11-7-17)35-25(26,27)28)36(33,34)21-12-8-18(9-13-21)24(31)32;;/h2-14H,15H2,1H3,(H,31,32);;/q;+1;-1. The van der Waals surface area contributed by atoms with Gasteiger partial charge in [0.05, 0.1) is 17.0 Å². The summed E-state index contributed by atoms with van der Waals surface area (Å²) < 4.78 is 69.9. The van der Waals surface area contributed by atoms with Gasteiger partial charge in [-0.25, -0.2) is 22.5 Å². The number of nitrogens with zero attached hydrogens (tertiary/aromatic N) is 2. The molecule has 12 heteroatoms. The van der Waals surface area contributed by atoms with Gasteiger partial charge in [-0.05, 0) is 54.3 Å². The van der Waals surface area contributed by atoms with Crippen molar-refractivity contribution in [3.63, 3.8) is 0 Å². The molecule has 0 aliphatic carbocycles. The monoisotopic (exact) mass is 540 g/mol. The minimum absolute atomic E-state index is 0. The van der Waals surface area contributed by atoms with Gasteiger partial charge in [-0.3, -0.25) is 0 Å². The zero-order valence-corrected chi connectivity index (χ0v) is 22.5. The number of rotatable bonds is 7. The second kappa shape index (κ2) is 11.1. The number of hydrogen-bond acceptors (Lipinski definition) is 5. The summed E-state index contributed by atoms with van der Waals surface area (Å²) in [6.45, 7) is 1.47. The van der Waals surface area contributed by atoms with E-state index in [1.807, 2.05) is 24.3 Å². The topological polar surface area (TPSA) is 96.8 Å². The summed E-state index contributed by atoms with van der Waals surface area (Å²) in [6.07, 6.45) is -3.32. The minimum atomic E-state index is -4.86. The first-order valence-electron chi connectivity index (χ1n) is 10.5. The van der Waals surface area contributed by atoms with E-state index >= 15 is 0 Å². The molecule has 188 valence electrons. The van der Waals surface area contributed by atoms with Gasteiger partial charge in [0.2, 0.25) is 0 Å². The third-order valence-corrected chi connectivity index (χ3v) is 7.18. The Balaban J connectivity index is 0.00000253. The van der Waals surface area contributed by atoms with E-state index in [1.54, 1.807) is 6.92 Å². The van der Waals surface area contributed by atoms with Crippen molar-refractivity contribution in [3.8, 4) is 5.75 Å². The normalized spacial score (nSPS) is 11.6. The molecule has 1 aromatic heterocycles. The molecule has 0 spiro atoms. The third kappa shape index (κ3) is 6.42. The van der Waals surface area contributed by atoms with Crippen molar-refractivity contribution in [3.05, 3.63) is 95.7 Å². The number of hydrogen-bond donors (Lipinski definition) is 1.